The molecule has 0 saturated carbocycles. The van der Waals surface area contributed by atoms with Crippen molar-refractivity contribution in [2.45, 2.75) is 11.5 Å². The van der Waals surface area contributed by atoms with Crippen LogP contribution in [0.2, 0.25) is 0 Å². The van der Waals surface area contributed by atoms with Crippen molar-refractivity contribution in [2.75, 3.05) is 18.6 Å². The fourth-order valence-electron chi connectivity index (χ4n) is 1.78. The summed E-state index contributed by atoms with van der Waals surface area (Å²) in [7, 11) is -2.81. The van der Waals surface area contributed by atoms with Crippen molar-refractivity contribution in [1.82, 2.24) is 15.0 Å². The lowest BCUT2D eigenvalue weighted by Gasteiger charge is -2.04. The quantitative estimate of drug-likeness (QED) is 0.266. The van der Waals surface area contributed by atoms with Gasteiger partial charge in [-0.3, -0.25) is 0 Å². The van der Waals surface area contributed by atoms with E-state index in [1.165, 1.54) is 12.3 Å². The predicted molar refractivity (Wildman–Crippen MR) is 91.6 cm³/mol. The van der Waals surface area contributed by atoms with Gasteiger partial charge in [-0.1, -0.05) is 11.8 Å². The van der Waals surface area contributed by atoms with Crippen LogP contribution in [0.5, 0.6) is 0 Å². The van der Waals surface area contributed by atoms with Gasteiger partial charge in [0.2, 0.25) is 0 Å². The molecule has 1 unspecified atom stereocenters. The van der Waals surface area contributed by atoms with Crippen LogP contribution in [0.4, 0.5) is 18.9 Å². The molecule has 0 radical (unpaired) electrons. The summed E-state index contributed by atoms with van der Waals surface area (Å²) in [5, 5.41) is 7.57. The molecule has 26 heavy (non-hydrogen) atoms. The summed E-state index contributed by atoms with van der Waals surface area (Å²) < 4.78 is 64.4. The first-order chi connectivity index (χ1) is 12.2. The summed E-state index contributed by atoms with van der Waals surface area (Å²) >= 11 is 1.16. The van der Waals surface area contributed by atoms with E-state index < -0.39 is 27.7 Å². The van der Waals surface area contributed by atoms with Crippen molar-refractivity contribution in [3.05, 3.63) is 35.3 Å². The van der Waals surface area contributed by atoms with E-state index in [0.29, 0.717) is 5.75 Å². The maximum absolute atomic E-state index is 13.3. The molecule has 0 aliphatic heterocycles. The van der Waals surface area contributed by atoms with Gasteiger partial charge in [-0.25, -0.2) is 36.5 Å². The van der Waals surface area contributed by atoms with E-state index in [-0.39, 0.29) is 28.8 Å². The van der Waals surface area contributed by atoms with Crippen molar-refractivity contribution >= 4 is 33.2 Å². The highest BCUT2D eigenvalue weighted by molar-refractivity contribution is 7.99. The minimum Gasteiger partial charge on any atom is -0.382 e. The Kier molecular flexibility index (Phi) is 6.61. The number of nitrogens with two attached hydrogens (primary N) is 1. The zero-order valence-corrected chi connectivity index (χ0v) is 15.0. The number of benzene rings is 1. The predicted octanol–water partition coefficient (Wildman–Crippen LogP) is 2.46. The molecule has 0 saturated heterocycles. The van der Waals surface area contributed by atoms with E-state index in [0.717, 1.165) is 23.9 Å². The molecule has 0 fully saturated rings. The van der Waals surface area contributed by atoms with Gasteiger partial charge >= 0.3 is 0 Å². The summed E-state index contributed by atoms with van der Waals surface area (Å²) in [6.45, 7) is 0.266. The Hall–Kier alpha value is -2.12. The molecule has 1 heterocycles. The second-order valence-electron chi connectivity index (χ2n) is 5.01. The van der Waals surface area contributed by atoms with E-state index >= 15 is 0 Å². The summed E-state index contributed by atoms with van der Waals surface area (Å²) in [5.74, 6) is -0.788. The molecule has 1 aromatic heterocycles. The molecular formula is C13H15F3N6O2S2. The number of aliphatic imine (C=N–C) groups is 1. The largest absolute Gasteiger partial charge is 0.382 e. The molecule has 0 aliphatic carbocycles. The van der Waals surface area contributed by atoms with Crippen molar-refractivity contribution in [3.63, 3.8) is 0 Å². The number of aromatic nitrogens is 2. The van der Waals surface area contributed by atoms with Crippen LogP contribution < -0.4 is 10.5 Å². The monoisotopic (exact) mass is 408 g/mol. The van der Waals surface area contributed by atoms with E-state index in [2.05, 4.69) is 24.7 Å². The van der Waals surface area contributed by atoms with Crippen LogP contribution in [-0.4, -0.2) is 38.9 Å². The Morgan fingerprint density at radius 1 is 1.50 bits per heavy atom. The Bertz CT molecular complexity index is 901. The van der Waals surface area contributed by atoms with Crippen LogP contribution in [0.25, 0.3) is 0 Å². The van der Waals surface area contributed by atoms with Crippen molar-refractivity contribution < 1.29 is 22.0 Å². The molecule has 2 rings (SSSR count). The lowest BCUT2D eigenvalue weighted by Crippen LogP contribution is -2.23. The number of amidine groups is 1. The number of nitrogens with zero attached hydrogens (tertiary/aromatic N) is 3. The van der Waals surface area contributed by atoms with E-state index in [9.17, 15) is 17.4 Å². The highest BCUT2D eigenvalue weighted by atomic mass is 32.2. The number of thioether (sulfide) groups is 1. The third-order valence-corrected chi connectivity index (χ3v) is 4.59. The molecule has 1 aromatic carbocycles. The highest BCUT2D eigenvalue weighted by Crippen LogP contribution is 2.27. The minimum absolute atomic E-state index is 0.0275. The Morgan fingerprint density at radius 2 is 2.23 bits per heavy atom. The van der Waals surface area contributed by atoms with Crippen LogP contribution in [0.1, 0.15) is 17.7 Å². The minimum atomic E-state index is -2.98. The first kappa shape index (κ1) is 20.2. The van der Waals surface area contributed by atoms with Gasteiger partial charge in [0.1, 0.15) is 15.7 Å². The van der Waals surface area contributed by atoms with Gasteiger partial charge < -0.3 is 5.73 Å². The average molecular weight is 408 g/mol. The van der Waals surface area contributed by atoms with E-state index in [4.69, 9.17) is 10.5 Å². The van der Waals surface area contributed by atoms with Gasteiger partial charge in [-0.05, 0) is 28.5 Å². The number of nitrogens with one attached hydrogen (secondary N) is 2. The maximum Gasteiger partial charge on any atom is 0.266 e. The molecule has 8 nitrogen and oxygen atoms in total. The number of rotatable bonds is 8. The second kappa shape index (κ2) is 8.51. The third kappa shape index (κ3) is 5.71. The van der Waals surface area contributed by atoms with Crippen LogP contribution >= 0.6 is 11.8 Å². The molecule has 0 spiro atoms. The molecule has 0 bridgehead atoms. The summed E-state index contributed by atoms with van der Waals surface area (Å²) in [4.78, 5) is 3.94. The number of hydrogen-bond acceptors (Lipinski definition) is 7. The molecule has 142 valence electrons. The fourth-order valence-corrected chi connectivity index (χ4v) is 3.16. The fraction of sp³-hybridized carbons (Fsp3) is 0.308. The van der Waals surface area contributed by atoms with Crippen molar-refractivity contribution in [1.29, 1.82) is 4.78 Å². The Balaban J connectivity index is 2.13. The standard InChI is InChI=1S/C13H15F3N6O2S2/c1-26(18,23)19-4-5-25-13-10(21-24-22-13)12(17)20-7-2-3-9(14)8(6-7)11(15)16/h2-3,6,11H,4-5H2,1H3,(H2,17,20)(H2,18,19,23). The normalized spacial score (nSPS) is 14.6. The molecule has 4 N–H and O–H groups in total. The molecular weight excluding hydrogens is 393 g/mol. The third-order valence-electron chi connectivity index (χ3n) is 2.88. The average Bonchev–Trinajstić information content (AvgIpc) is 3.01. The highest BCUT2D eigenvalue weighted by Gasteiger charge is 2.17. The lowest BCUT2D eigenvalue weighted by atomic mass is 10.2. The smallest absolute Gasteiger partial charge is 0.266 e. The lowest BCUT2D eigenvalue weighted by molar-refractivity contribution is 0.146. The van der Waals surface area contributed by atoms with Gasteiger partial charge in [0.25, 0.3) is 6.43 Å². The Morgan fingerprint density at radius 3 is 2.88 bits per heavy atom. The van der Waals surface area contributed by atoms with Crippen LogP contribution in [0, 0.1) is 10.6 Å². The maximum atomic E-state index is 13.3. The molecule has 1 atom stereocenters. The van der Waals surface area contributed by atoms with Crippen molar-refractivity contribution in [2.24, 2.45) is 10.7 Å². The van der Waals surface area contributed by atoms with Gasteiger partial charge in [0.05, 0.1) is 11.3 Å². The first-order valence-corrected chi connectivity index (χ1v) is 9.98. The molecule has 2 aromatic rings. The van der Waals surface area contributed by atoms with Gasteiger partial charge in [0, 0.05) is 18.6 Å². The summed E-state index contributed by atoms with van der Waals surface area (Å²) in [6.07, 6.45) is -1.73. The number of hydrogen-bond donors (Lipinski definition) is 3. The van der Waals surface area contributed by atoms with Gasteiger partial charge in [-0.2, -0.15) is 0 Å². The van der Waals surface area contributed by atoms with Crippen LogP contribution in [-0.2, 0) is 9.92 Å². The van der Waals surface area contributed by atoms with Crippen molar-refractivity contribution in [3.8, 4) is 0 Å². The second-order valence-corrected chi connectivity index (χ2v) is 8.07. The van der Waals surface area contributed by atoms with E-state index in [1.54, 1.807) is 0 Å². The first-order valence-electron chi connectivity index (χ1n) is 7.03. The number of halogens is 3. The molecule has 0 aliphatic rings. The zero-order valence-electron chi connectivity index (χ0n) is 13.4. The molecule has 0 amide bonds. The molecule has 13 heteroatoms. The summed E-state index contributed by atoms with van der Waals surface area (Å²) in [6, 6.07) is 2.97. The van der Waals surface area contributed by atoms with Crippen LogP contribution in [0.3, 0.4) is 0 Å². The van der Waals surface area contributed by atoms with Gasteiger partial charge in [-0.15, -0.1) is 0 Å². The zero-order chi connectivity index (χ0) is 19.3. The van der Waals surface area contributed by atoms with E-state index in [1.807, 2.05) is 0 Å². The van der Waals surface area contributed by atoms with Crippen LogP contribution in [0.15, 0.2) is 32.8 Å². The topological polar surface area (TPSA) is 130 Å². The SMILES string of the molecule is CS(=N)(=O)NCCSc1nonc1C(N)=Nc1ccc(F)c(C(F)F)c1. The Labute approximate surface area is 151 Å². The number of alkyl halides is 2. The van der Waals surface area contributed by atoms with Gasteiger partial charge in [0.15, 0.2) is 16.6 Å². The summed E-state index contributed by atoms with van der Waals surface area (Å²) in [5.41, 5.74) is 5.16.